The zero-order valence-corrected chi connectivity index (χ0v) is 15.6. The van der Waals surface area contributed by atoms with E-state index in [1.54, 1.807) is 13.0 Å². The van der Waals surface area contributed by atoms with Crippen LogP contribution in [0.4, 0.5) is 0 Å². The highest BCUT2D eigenvalue weighted by molar-refractivity contribution is 6.18. The molecule has 0 saturated heterocycles. The minimum atomic E-state index is -0.516. The molecule has 136 valence electrons. The summed E-state index contributed by atoms with van der Waals surface area (Å²) in [5, 5.41) is 12.5. The lowest BCUT2D eigenvalue weighted by Gasteiger charge is -2.12. The SMILES string of the molecule is CCOC(=O)c1cc(-c2ccc(C)cc2)c2c(c1O)c1ccccc1n2C. The largest absolute Gasteiger partial charge is 0.506 e. The highest BCUT2D eigenvalue weighted by atomic mass is 16.5. The van der Waals surface area contributed by atoms with E-state index >= 15 is 0 Å². The summed E-state index contributed by atoms with van der Waals surface area (Å²) in [5.74, 6) is -0.547. The van der Waals surface area contributed by atoms with Gasteiger partial charge in [0.15, 0.2) is 0 Å². The summed E-state index contributed by atoms with van der Waals surface area (Å²) in [6.07, 6.45) is 0. The van der Waals surface area contributed by atoms with E-state index in [2.05, 4.69) is 4.57 Å². The average Bonchev–Trinajstić information content (AvgIpc) is 2.97. The van der Waals surface area contributed by atoms with Crippen LogP contribution in [0, 0.1) is 6.92 Å². The van der Waals surface area contributed by atoms with Crippen LogP contribution in [0.2, 0.25) is 0 Å². The Kier molecular flexibility index (Phi) is 4.11. The van der Waals surface area contributed by atoms with Gasteiger partial charge in [-0.3, -0.25) is 0 Å². The molecule has 0 atom stereocenters. The third-order valence-electron chi connectivity index (χ3n) is 5.00. The first-order valence-electron chi connectivity index (χ1n) is 9.00. The smallest absolute Gasteiger partial charge is 0.341 e. The molecule has 4 rings (SSSR count). The quantitative estimate of drug-likeness (QED) is 0.512. The van der Waals surface area contributed by atoms with Crippen molar-refractivity contribution in [2.45, 2.75) is 13.8 Å². The van der Waals surface area contributed by atoms with Crippen LogP contribution in [0.5, 0.6) is 5.75 Å². The van der Waals surface area contributed by atoms with Gasteiger partial charge in [-0.2, -0.15) is 0 Å². The molecule has 0 spiro atoms. The van der Waals surface area contributed by atoms with Crippen molar-refractivity contribution in [1.82, 2.24) is 4.57 Å². The number of aryl methyl sites for hydroxylation is 2. The number of hydrogen-bond acceptors (Lipinski definition) is 3. The molecule has 0 bridgehead atoms. The molecule has 1 aromatic heterocycles. The summed E-state index contributed by atoms with van der Waals surface area (Å²) in [5.41, 5.74) is 5.13. The van der Waals surface area contributed by atoms with Gasteiger partial charge in [-0.05, 0) is 31.5 Å². The van der Waals surface area contributed by atoms with E-state index in [1.807, 2.05) is 62.5 Å². The van der Waals surface area contributed by atoms with E-state index in [0.29, 0.717) is 5.39 Å². The van der Waals surface area contributed by atoms with Gasteiger partial charge in [0.2, 0.25) is 0 Å². The molecule has 0 aliphatic heterocycles. The van der Waals surface area contributed by atoms with E-state index in [9.17, 15) is 9.90 Å². The van der Waals surface area contributed by atoms with Crippen molar-refractivity contribution in [2.75, 3.05) is 6.61 Å². The second-order valence-electron chi connectivity index (χ2n) is 6.71. The molecule has 4 heteroatoms. The lowest BCUT2D eigenvalue weighted by atomic mass is 9.97. The highest BCUT2D eigenvalue weighted by Gasteiger charge is 2.23. The normalized spacial score (nSPS) is 11.2. The molecular formula is C23H21NO3. The van der Waals surface area contributed by atoms with E-state index in [0.717, 1.165) is 33.1 Å². The Hall–Kier alpha value is -3.27. The van der Waals surface area contributed by atoms with Gasteiger partial charge in [-0.25, -0.2) is 4.79 Å². The number of phenolic OH excluding ortho intramolecular Hbond substituents is 1. The van der Waals surface area contributed by atoms with E-state index in [4.69, 9.17) is 4.74 Å². The summed E-state index contributed by atoms with van der Waals surface area (Å²) in [4.78, 5) is 12.5. The van der Waals surface area contributed by atoms with Gasteiger partial charge in [-0.1, -0.05) is 48.0 Å². The number of hydrogen-bond donors (Lipinski definition) is 1. The molecular weight excluding hydrogens is 338 g/mol. The highest BCUT2D eigenvalue weighted by Crippen LogP contribution is 2.42. The number of rotatable bonds is 3. The summed E-state index contributed by atoms with van der Waals surface area (Å²) < 4.78 is 7.24. The van der Waals surface area contributed by atoms with Gasteiger partial charge in [0.25, 0.3) is 0 Å². The summed E-state index contributed by atoms with van der Waals surface area (Å²) in [6, 6.07) is 17.8. The van der Waals surface area contributed by atoms with Crippen LogP contribution in [-0.2, 0) is 11.8 Å². The first-order chi connectivity index (χ1) is 13.0. The molecule has 0 aliphatic carbocycles. The molecule has 3 aromatic carbocycles. The molecule has 0 saturated carbocycles. The van der Waals surface area contributed by atoms with Crippen LogP contribution in [-0.4, -0.2) is 22.2 Å². The lowest BCUT2D eigenvalue weighted by molar-refractivity contribution is 0.0523. The predicted molar refractivity (Wildman–Crippen MR) is 108 cm³/mol. The van der Waals surface area contributed by atoms with Crippen LogP contribution in [0.1, 0.15) is 22.8 Å². The number of benzene rings is 3. The number of aromatic hydroxyl groups is 1. The minimum absolute atomic E-state index is 0.0314. The Morgan fingerprint density at radius 2 is 1.81 bits per heavy atom. The fourth-order valence-corrected chi connectivity index (χ4v) is 3.68. The predicted octanol–water partition coefficient (Wildman–Crippen LogP) is 5.19. The maximum atomic E-state index is 12.5. The number of carbonyl (C=O) groups excluding carboxylic acids is 1. The van der Waals surface area contributed by atoms with Crippen LogP contribution in [0.25, 0.3) is 32.9 Å². The molecule has 0 fully saturated rings. The summed E-state index contributed by atoms with van der Waals surface area (Å²) in [7, 11) is 1.98. The standard InChI is InChI=1S/C23H21NO3/c1-4-27-23(26)18-13-17(15-11-9-14(2)10-12-15)21-20(22(18)25)16-7-5-6-8-19(16)24(21)3/h5-13,25H,4H2,1-3H3. The first-order valence-corrected chi connectivity index (χ1v) is 9.00. The Morgan fingerprint density at radius 3 is 2.52 bits per heavy atom. The van der Waals surface area contributed by atoms with Gasteiger partial charge >= 0.3 is 5.97 Å². The summed E-state index contributed by atoms with van der Waals surface area (Å²) >= 11 is 0. The second kappa shape index (κ2) is 6.47. The maximum Gasteiger partial charge on any atom is 0.341 e. The van der Waals surface area contributed by atoms with Crippen molar-refractivity contribution in [3.8, 4) is 16.9 Å². The van der Waals surface area contributed by atoms with Crippen LogP contribution in [0.15, 0.2) is 54.6 Å². The van der Waals surface area contributed by atoms with Crippen LogP contribution >= 0.6 is 0 Å². The molecule has 0 amide bonds. The number of phenols is 1. The van der Waals surface area contributed by atoms with Crippen molar-refractivity contribution in [2.24, 2.45) is 7.05 Å². The van der Waals surface area contributed by atoms with Crippen molar-refractivity contribution < 1.29 is 14.6 Å². The zero-order valence-electron chi connectivity index (χ0n) is 15.6. The van der Waals surface area contributed by atoms with E-state index < -0.39 is 5.97 Å². The molecule has 0 unspecified atom stereocenters. The van der Waals surface area contributed by atoms with Gasteiger partial charge in [0.05, 0.1) is 17.5 Å². The Labute approximate surface area is 157 Å². The topological polar surface area (TPSA) is 51.5 Å². The van der Waals surface area contributed by atoms with Crippen LogP contribution in [0.3, 0.4) is 0 Å². The second-order valence-corrected chi connectivity index (χ2v) is 6.71. The summed E-state index contributed by atoms with van der Waals surface area (Å²) in [6.45, 7) is 4.05. The monoisotopic (exact) mass is 359 g/mol. The fourth-order valence-electron chi connectivity index (χ4n) is 3.68. The molecule has 0 aliphatic rings. The van der Waals surface area contributed by atoms with Gasteiger partial charge < -0.3 is 14.4 Å². The van der Waals surface area contributed by atoms with Crippen LogP contribution < -0.4 is 0 Å². The molecule has 0 radical (unpaired) electrons. The third-order valence-corrected chi connectivity index (χ3v) is 5.00. The zero-order chi connectivity index (χ0) is 19.1. The van der Waals surface area contributed by atoms with E-state index in [1.165, 1.54) is 0 Å². The number of nitrogens with zero attached hydrogens (tertiary/aromatic N) is 1. The number of fused-ring (bicyclic) bond motifs is 3. The Bertz CT molecular complexity index is 1170. The number of ether oxygens (including phenoxy) is 1. The molecule has 1 heterocycles. The van der Waals surface area contributed by atoms with Gasteiger partial charge in [-0.15, -0.1) is 0 Å². The molecule has 1 N–H and O–H groups in total. The number of para-hydroxylation sites is 1. The Balaban J connectivity index is 2.16. The lowest BCUT2D eigenvalue weighted by Crippen LogP contribution is -2.06. The molecule has 4 aromatic rings. The number of carbonyl (C=O) groups is 1. The van der Waals surface area contributed by atoms with Crippen molar-refractivity contribution >= 4 is 27.8 Å². The minimum Gasteiger partial charge on any atom is -0.506 e. The van der Waals surface area contributed by atoms with Gasteiger partial charge in [0, 0.05) is 23.5 Å². The first kappa shape index (κ1) is 17.2. The Morgan fingerprint density at radius 1 is 1.11 bits per heavy atom. The number of esters is 1. The van der Waals surface area contributed by atoms with Crippen molar-refractivity contribution in [1.29, 1.82) is 0 Å². The van der Waals surface area contributed by atoms with E-state index in [-0.39, 0.29) is 17.9 Å². The molecule has 27 heavy (non-hydrogen) atoms. The molecule has 4 nitrogen and oxygen atoms in total. The fraction of sp³-hybridized carbons (Fsp3) is 0.174. The van der Waals surface area contributed by atoms with Crippen molar-refractivity contribution in [3.05, 3.63) is 65.7 Å². The van der Waals surface area contributed by atoms with Crippen molar-refractivity contribution in [3.63, 3.8) is 0 Å². The van der Waals surface area contributed by atoms with Gasteiger partial charge in [0.1, 0.15) is 11.3 Å². The average molecular weight is 359 g/mol. The third kappa shape index (κ3) is 2.65. The number of aromatic nitrogens is 1. The maximum absolute atomic E-state index is 12.5.